The molecule has 24 heavy (non-hydrogen) atoms. The summed E-state index contributed by atoms with van der Waals surface area (Å²) in [5.41, 5.74) is 0.779. The molecule has 0 aromatic carbocycles. The third kappa shape index (κ3) is 3.63. The lowest BCUT2D eigenvalue weighted by molar-refractivity contribution is 1.00. The highest BCUT2D eigenvalue weighted by molar-refractivity contribution is 9.10. The van der Waals surface area contributed by atoms with Gasteiger partial charge in [0.15, 0.2) is 11.7 Å². The molecule has 3 heterocycles. The average molecular weight is 419 g/mol. The summed E-state index contributed by atoms with van der Waals surface area (Å²) in [4.78, 5) is 15.7. The molecule has 0 amide bonds. The number of thiophene rings is 2. The van der Waals surface area contributed by atoms with Gasteiger partial charge in [0.05, 0.1) is 9.75 Å². The molecule has 4 nitrogen and oxygen atoms in total. The zero-order valence-electron chi connectivity index (χ0n) is 13.2. The summed E-state index contributed by atoms with van der Waals surface area (Å²) < 4.78 is 2.94. The van der Waals surface area contributed by atoms with E-state index in [1.54, 1.807) is 36.8 Å². The fraction of sp³-hybridized carbons (Fsp3) is 0.118. The Balaban J connectivity index is 2.18. The Labute approximate surface area is 156 Å². The zero-order chi connectivity index (χ0) is 16.9. The summed E-state index contributed by atoms with van der Waals surface area (Å²) in [6.07, 6.45) is 1.97. The minimum atomic E-state index is 0.711. The lowest BCUT2D eigenvalue weighted by Crippen LogP contribution is -2.28. The molecule has 0 bridgehead atoms. The van der Waals surface area contributed by atoms with Crippen molar-refractivity contribution in [3.8, 4) is 0 Å². The van der Waals surface area contributed by atoms with Crippen LogP contribution < -0.4 is 5.49 Å². The summed E-state index contributed by atoms with van der Waals surface area (Å²) >= 11 is 6.81. The van der Waals surface area contributed by atoms with Crippen LogP contribution >= 0.6 is 38.6 Å². The minimum absolute atomic E-state index is 0.711. The summed E-state index contributed by atoms with van der Waals surface area (Å²) in [6, 6.07) is 12.0. The molecular weight excluding hydrogens is 404 g/mol. The highest BCUT2D eigenvalue weighted by Crippen LogP contribution is 2.14. The zero-order valence-corrected chi connectivity index (χ0v) is 16.4. The Morgan fingerprint density at radius 3 is 2.25 bits per heavy atom. The molecular formula is C17H15BrN4S2. The fourth-order valence-electron chi connectivity index (χ4n) is 2.20. The fourth-order valence-corrected chi connectivity index (χ4v) is 4.00. The second-order valence-electron chi connectivity index (χ2n) is 4.74. The summed E-state index contributed by atoms with van der Waals surface area (Å²) in [7, 11) is 3.55. The van der Waals surface area contributed by atoms with Crippen LogP contribution in [-0.2, 0) is 0 Å². The Morgan fingerprint density at radius 1 is 0.958 bits per heavy atom. The van der Waals surface area contributed by atoms with E-state index in [-0.39, 0.29) is 0 Å². The van der Waals surface area contributed by atoms with Crippen molar-refractivity contribution < 1.29 is 0 Å². The van der Waals surface area contributed by atoms with Crippen molar-refractivity contribution in [2.24, 2.45) is 15.0 Å². The number of hydrogen-bond donors (Lipinski definition) is 0. The van der Waals surface area contributed by atoms with Crippen LogP contribution in [0.5, 0.6) is 0 Å². The smallest absolute Gasteiger partial charge is 0.166 e. The molecule has 3 rings (SSSR count). The highest BCUT2D eigenvalue weighted by atomic mass is 79.9. The lowest BCUT2D eigenvalue weighted by Gasteiger charge is -2.10. The van der Waals surface area contributed by atoms with Gasteiger partial charge in [-0.2, -0.15) is 0 Å². The first kappa shape index (κ1) is 17.0. The molecule has 0 saturated heterocycles. The first-order chi connectivity index (χ1) is 11.7. The number of rotatable bonds is 2. The van der Waals surface area contributed by atoms with Crippen molar-refractivity contribution in [3.63, 3.8) is 0 Å². The van der Waals surface area contributed by atoms with Crippen molar-refractivity contribution in [2.45, 2.75) is 0 Å². The monoisotopic (exact) mass is 418 g/mol. The number of pyridine rings is 1. The number of nitrogens with zero attached hydrogens (tertiary/aromatic N) is 4. The van der Waals surface area contributed by atoms with Gasteiger partial charge in [-0.15, -0.1) is 22.7 Å². The van der Waals surface area contributed by atoms with Crippen molar-refractivity contribution in [1.29, 1.82) is 0 Å². The van der Waals surface area contributed by atoms with E-state index >= 15 is 0 Å². The van der Waals surface area contributed by atoms with Crippen LogP contribution in [0, 0.1) is 0 Å². The van der Waals surface area contributed by atoms with Gasteiger partial charge >= 0.3 is 0 Å². The van der Waals surface area contributed by atoms with Gasteiger partial charge in [-0.25, -0.2) is 4.99 Å². The number of aromatic nitrogens is 1. The van der Waals surface area contributed by atoms with Gasteiger partial charge < -0.3 is 0 Å². The van der Waals surface area contributed by atoms with Crippen molar-refractivity contribution in [2.75, 3.05) is 14.1 Å². The van der Waals surface area contributed by atoms with Crippen LogP contribution in [0.15, 0.2) is 72.8 Å². The van der Waals surface area contributed by atoms with Gasteiger partial charge in [-0.3, -0.25) is 14.6 Å². The van der Waals surface area contributed by atoms with Crippen LogP contribution in [-0.4, -0.2) is 30.3 Å². The van der Waals surface area contributed by atoms with Crippen LogP contribution in [0.3, 0.4) is 0 Å². The molecule has 0 fully saturated rings. The van der Waals surface area contributed by atoms with Gasteiger partial charge in [0.2, 0.25) is 0 Å². The summed E-state index contributed by atoms with van der Waals surface area (Å²) in [5.74, 6) is 1.56. The molecule has 0 radical (unpaired) electrons. The second-order valence-corrected chi connectivity index (χ2v) is 7.55. The maximum atomic E-state index is 4.77. The van der Waals surface area contributed by atoms with E-state index in [1.807, 2.05) is 51.9 Å². The van der Waals surface area contributed by atoms with E-state index in [4.69, 9.17) is 4.99 Å². The normalized spacial score (nSPS) is 13.5. The molecule has 0 aliphatic carbocycles. The van der Waals surface area contributed by atoms with Gasteiger partial charge in [0, 0.05) is 24.8 Å². The molecule has 122 valence electrons. The van der Waals surface area contributed by atoms with Crippen LogP contribution in [0.2, 0.25) is 0 Å². The molecule has 0 spiro atoms. The van der Waals surface area contributed by atoms with Gasteiger partial charge in [0.25, 0.3) is 0 Å². The number of hydrogen-bond acceptors (Lipinski definition) is 4. The second kappa shape index (κ2) is 7.83. The van der Waals surface area contributed by atoms with E-state index in [0.29, 0.717) is 5.84 Å². The van der Waals surface area contributed by atoms with Crippen LogP contribution in [0.4, 0.5) is 0 Å². The third-order valence-corrected chi connectivity index (χ3v) is 5.45. The lowest BCUT2D eigenvalue weighted by atomic mass is 10.4. The Bertz CT molecular complexity index is 935. The summed E-state index contributed by atoms with van der Waals surface area (Å²) in [6.45, 7) is 0. The molecule has 7 heteroatoms. The topological polar surface area (TPSA) is 42.0 Å². The molecule has 3 aromatic rings. The molecule has 0 saturated carbocycles. The highest BCUT2D eigenvalue weighted by Gasteiger charge is 2.09. The number of halogens is 1. The first-order valence-electron chi connectivity index (χ1n) is 7.17. The van der Waals surface area contributed by atoms with Gasteiger partial charge in [-0.1, -0.05) is 12.1 Å². The average Bonchev–Trinajstić information content (AvgIpc) is 3.29. The van der Waals surface area contributed by atoms with E-state index in [9.17, 15) is 0 Å². The van der Waals surface area contributed by atoms with Crippen molar-refractivity contribution in [3.05, 3.63) is 73.1 Å². The first-order valence-corrected chi connectivity index (χ1v) is 9.73. The number of aliphatic imine (C=N–C) groups is 2. The molecule has 0 aliphatic heterocycles. The number of amidine groups is 1. The molecule has 3 aromatic heterocycles. The van der Waals surface area contributed by atoms with Crippen molar-refractivity contribution >= 4 is 50.3 Å². The Morgan fingerprint density at radius 2 is 1.67 bits per heavy atom. The van der Waals surface area contributed by atoms with E-state index < -0.39 is 0 Å². The van der Waals surface area contributed by atoms with E-state index in [0.717, 1.165) is 25.6 Å². The Hall–Kier alpha value is -1.83. The van der Waals surface area contributed by atoms with Gasteiger partial charge in [0.1, 0.15) is 5.49 Å². The Kier molecular flexibility index (Phi) is 5.55. The SMILES string of the molecule is CN=C(N=c1ccc(Br)cn1C(=NC)c1cccs1)c1cccs1. The standard InChI is InChI=1S/C17H15BrN4S2/c1-19-16(13-5-3-9-23-13)21-15-8-7-12(18)11-22(15)17(20-2)14-6-4-10-24-14/h3-11H,1-2H3. The van der Waals surface area contributed by atoms with Crippen LogP contribution in [0.25, 0.3) is 0 Å². The van der Waals surface area contributed by atoms with Crippen LogP contribution in [0.1, 0.15) is 9.75 Å². The maximum absolute atomic E-state index is 4.77. The molecule has 0 atom stereocenters. The van der Waals surface area contributed by atoms with Crippen molar-refractivity contribution in [1.82, 2.24) is 4.57 Å². The summed E-state index contributed by atoms with van der Waals surface area (Å²) in [5, 5.41) is 4.07. The predicted octanol–water partition coefficient (Wildman–Crippen LogP) is 4.28. The maximum Gasteiger partial charge on any atom is 0.166 e. The minimum Gasteiger partial charge on any atom is -0.284 e. The predicted molar refractivity (Wildman–Crippen MR) is 107 cm³/mol. The molecule has 0 aliphatic rings. The van der Waals surface area contributed by atoms with E-state index in [2.05, 4.69) is 32.0 Å². The van der Waals surface area contributed by atoms with E-state index in [1.165, 1.54) is 0 Å². The third-order valence-electron chi connectivity index (χ3n) is 3.25. The van der Waals surface area contributed by atoms with Gasteiger partial charge in [-0.05, 0) is 51.0 Å². The largest absolute Gasteiger partial charge is 0.284 e. The molecule has 0 unspecified atom stereocenters. The molecule has 0 N–H and O–H groups in total. The quantitative estimate of drug-likeness (QED) is 0.440.